The molecule has 124 valence electrons. The molecule has 0 spiro atoms. The zero-order valence-corrected chi connectivity index (χ0v) is 14.1. The summed E-state index contributed by atoms with van der Waals surface area (Å²) in [7, 11) is 0. The van der Waals surface area contributed by atoms with Gasteiger partial charge < -0.3 is 4.90 Å². The summed E-state index contributed by atoms with van der Waals surface area (Å²) in [6.45, 7) is 1.82. The lowest BCUT2D eigenvalue weighted by Gasteiger charge is -2.34. The number of thiophene rings is 1. The molecular formula is C15H17F2N3OS2. The van der Waals surface area contributed by atoms with Gasteiger partial charge in [-0.1, -0.05) is 0 Å². The molecule has 8 heteroatoms. The van der Waals surface area contributed by atoms with Crippen molar-refractivity contribution in [3.8, 4) is 10.6 Å². The fourth-order valence-corrected chi connectivity index (χ4v) is 4.08. The van der Waals surface area contributed by atoms with Gasteiger partial charge in [-0.2, -0.15) is 11.3 Å². The number of carbonyl (C=O) groups is 1. The van der Waals surface area contributed by atoms with Crippen LogP contribution in [0.15, 0.2) is 22.2 Å². The molecule has 4 nitrogen and oxygen atoms in total. The molecule has 1 aliphatic heterocycles. The highest BCUT2D eigenvalue weighted by molar-refractivity contribution is 7.14. The number of hydrogen-bond donors (Lipinski definition) is 0. The van der Waals surface area contributed by atoms with Gasteiger partial charge in [0.05, 0.1) is 18.7 Å². The molecule has 2 aromatic heterocycles. The Balaban J connectivity index is 1.52. The number of thiazole rings is 1. The minimum Gasteiger partial charge on any atom is -0.340 e. The Labute approximate surface area is 141 Å². The maximum Gasteiger partial charge on any atom is 0.251 e. The molecule has 1 fully saturated rings. The molecule has 0 bridgehead atoms. The highest BCUT2D eigenvalue weighted by Crippen LogP contribution is 2.26. The molecule has 3 rings (SSSR count). The van der Waals surface area contributed by atoms with Crippen molar-refractivity contribution in [2.45, 2.75) is 12.8 Å². The van der Waals surface area contributed by atoms with Gasteiger partial charge >= 0.3 is 0 Å². The number of piperazine rings is 1. The van der Waals surface area contributed by atoms with Gasteiger partial charge in [0.15, 0.2) is 0 Å². The summed E-state index contributed by atoms with van der Waals surface area (Å²) >= 11 is 3.15. The molecule has 0 unspecified atom stereocenters. The van der Waals surface area contributed by atoms with Crippen molar-refractivity contribution in [2.75, 3.05) is 32.7 Å². The van der Waals surface area contributed by atoms with E-state index in [9.17, 15) is 13.6 Å². The molecule has 0 radical (unpaired) electrons. The van der Waals surface area contributed by atoms with Crippen molar-refractivity contribution in [3.05, 3.63) is 27.9 Å². The summed E-state index contributed by atoms with van der Waals surface area (Å²) in [5.74, 6) is 0.0175. The number of rotatable bonds is 5. The van der Waals surface area contributed by atoms with Gasteiger partial charge in [0.2, 0.25) is 5.91 Å². The summed E-state index contributed by atoms with van der Waals surface area (Å²) in [6.07, 6.45) is -2.04. The summed E-state index contributed by atoms with van der Waals surface area (Å²) < 4.78 is 24.7. The van der Waals surface area contributed by atoms with Crippen LogP contribution in [-0.4, -0.2) is 59.8 Å². The number of halogens is 2. The van der Waals surface area contributed by atoms with E-state index >= 15 is 0 Å². The lowest BCUT2D eigenvalue weighted by atomic mass is 10.2. The first-order valence-corrected chi connectivity index (χ1v) is 9.19. The monoisotopic (exact) mass is 357 g/mol. The van der Waals surface area contributed by atoms with Gasteiger partial charge in [0.25, 0.3) is 6.43 Å². The van der Waals surface area contributed by atoms with Crippen LogP contribution in [0.3, 0.4) is 0 Å². The lowest BCUT2D eigenvalue weighted by molar-refractivity contribution is -0.132. The summed E-state index contributed by atoms with van der Waals surface area (Å²) in [6, 6.07) is 2.01. The topological polar surface area (TPSA) is 36.4 Å². The van der Waals surface area contributed by atoms with Gasteiger partial charge in [-0.15, -0.1) is 11.3 Å². The first-order chi connectivity index (χ1) is 11.1. The number of alkyl halides is 2. The highest BCUT2D eigenvalue weighted by Gasteiger charge is 2.23. The largest absolute Gasteiger partial charge is 0.340 e. The standard InChI is InChI=1S/C15H17F2N3OS2/c16-13(17)8-19-2-4-20(5-3-19)14(21)7-12-10-23-15(18-12)11-1-6-22-9-11/h1,6,9-10,13H,2-5,7-8H2. The van der Waals surface area contributed by atoms with Gasteiger partial charge in [-0.25, -0.2) is 13.8 Å². The zero-order valence-electron chi connectivity index (χ0n) is 12.5. The number of nitrogens with zero attached hydrogens (tertiary/aromatic N) is 3. The van der Waals surface area contributed by atoms with Crippen LogP contribution in [0.5, 0.6) is 0 Å². The maximum atomic E-state index is 12.4. The highest BCUT2D eigenvalue weighted by atomic mass is 32.1. The SMILES string of the molecule is O=C(Cc1csc(-c2ccsc2)n1)N1CCN(CC(F)F)CC1. The van der Waals surface area contributed by atoms with Crippen molar-refractivity contribution in [3.63, 3.8) is 0 Å². The number of amides is 1. The molecule has 23 heavy (non-hydrogen) atoms. The second-order valence-corrected chi connectivity index (χ2v) is 7.04. The zero-order chi connectivity index (χ0) is 16.2. The van der Waals surface area contributed by atoms with Gasteiger partial charge in [-0.3, -0.25) is 9.69 Å². The molecular weight excluding hydrogens is 340 g/mol. The molecule has 0 atom stereocenters. The van der Waals surface area contributed by atoms with Crippen LogP contribution in [-0.2, 0) is 11.2 Å². The van der Waals surface area contributed by atoms with Crippen LogP contribution in [0.25, 0.3) is 10.6 Å². The Morgan fingerprint density at radius 2 is 2.04 bits per heavy atom. The van der Waals surface area contributed by atoms with Crippen molar-refractivity contribution in [2.24, 2.45) is 0 Å². The van der Waals surface area contributed by atoms with E-state index in [1.807, 2.05) is 22.2 Å². The van der Waals surface area contributed by atoms with Gasteiger partial charge in [-0.05, 0) is 11.4 Å². The third kappa shape index (κ3) is 4.33. The number of hydrogen-bond acceptors (Lipinski definition) is 5. The minimum atomic E-state index is -2.32. The Bertz CT molecular complexity index is 637. The van der Waals surface area contributed by atoms with Gasteiger partial charge in [0, 0.05) is 42.5 Å². The average molecular weight is 357 g/mol. The van der Waals surface area contributed by atoms with Gasteiger partial charge in [0.1, 0.15) is 5.01 Å². The van der Waals surface area contributed by atoms with Crippen molar-refractivity contribution < 1.29 is 13.6 Å². The average Bonchev–Trinajstić information content (AvgIpc) is 3.18. The van der Waals surface area contributed by atoms with E-state index in [1.54, 1.807) is 21.1 Å². The van der Waals surface area contributed by atoms with Crippen LogP contribution < -0.4 is 0 Å². The Morgan fingerprint density at radius 3 is 2.70 bits per heavy atom. The Kier molecular flexibility index (Phi) is 5.34. The van der Waals surface area contributed by atoms with E-state index in [-0.39, 0.29) is 18.9 Å². The molecule has 0 N–H and O–H groups in total. The first kappa shape index (κ1) is 16.5. The molecule has 1 aliphatic rings. The quantitative estimate of drug-likeness (QED) is 0.826. The van der Waals surface area contributed by atoms with E-state index in [0.717, 1.165) is 16.3 Å². The van der Waals surface area contributed by atoms with E-state index in [4.69, 9.17) is 0 Å². The number of aromatic nitrogens is 1. The summed E-state index contributed by atoms with van der Waals surface area (Å²) in [5, 5.41) is 6.88. The predicted molar refractivity (Wildman–Crippen MR) is 88.2 cm³/mol. The normalized spacial score (nSPS) is 16.2. The minimum absolute atomic E-state index is 0.0175. The second-order valence-electron chi connectivity index (χ2n) is 5.41. The molecule has 2 aromatic rings. The molecule has 1 saturated heterocycles. The Morgan fingerprint density at radius 1 is 1.26 bits per heavy atom. The molecule has 0 aromatic carbocycles. The van der Waals surface area contributed by atoms with Crippen molar-refractivity contribution in [1.82, 2.24) is 14.8 Å². The van der Waals surface area contributed by atoms with E-state index in [0.29, 0.717) is 26.2 Å². The van der Waals surface area contributed by atoms with Crippen LogP contribution in [0, 0.1) is 0 Å². The molecule has 0 saturated carbocycles. The molecule has 3 heterocycles. The predicted octanol–water partition coefficient (Wildman–Crippen LogP) is 2.82. The van der Waals surface area contributed by atoms with Crippen LogP contribution in [0.2, 0.25) is 0 Å². The third-order valence-electron chi connectivity index (χ3n) is 3.77. The second kappa shape index (κ2) is 7.46. The summed E-state index contributed by atoms with van der Waals surface area (Å²) in [4.78, 5) is 20.3. The smallest absolute Gasteiger partial charge is 0.251 e. The van der Waals surface area contributed by atoms with Crippen molar-refractivity contribution >= 4 is 28.6 Å². The van der Waals surface area contributed by atoms with E-state index in [2.05, 4.69) is 4.98 Å². The number of carbonyl (C=O) groups excluding carboxylic acids is 1. The van der Waals surface area contributed by atoms with E-state index < -0.39 is 6.43 Å². The van der Waals surface area contributed by atoms with Crippen molar-refractivity contribution in [1.29, 1.82) is 0 Å². The van der Waals surface area contributed by atoms with Crippen LogP contribution in [0.4, 0.5) is 8.78 Å². The van der Waals surface area contributed by atoms with Crippen LogP contribution >= 0.6 is 22.7 Å². The maximum absolute atomic E-state index is 12.4. The lowest BCUT2D eigenvalue weighted by Crippen LogP contribution is -2.50. The Hall–Kier alpha value is -1.38. The summed E-state index contributed by atoms with van der Waals surface area (Å²) in [5.41, 5.74) is 1.86. The molecule has 0 aliphatic carbocycles. The fourth-order valence-electron chi connectivity index (χ4n) is 2.55. The third-order valence-corrected chi connectivity index (χ3v) is 5.40. The van der Waals surface area contributed by atoms with E-state index in [1.165, 1.54) is 11.3 Å². The van der Waals surface area contributed by atoms with Crippen LogP contribution in [0.1, 0.15) is 5.69 Å². The fraction of sp³-hybridized carbons (Fsp3) is 0.467. The first-order valence-electron chi connectivity index (χ1n) is 7.37. The molecule has 1 amide bonds.